The predicted molar refractivity (Wildman–Crippen MR) is 59.3 cm³/mol. The molecule has 1 aliphatic heterocycles. The quantitative estimate of drug-likeness (QED) is 0.509. The van der Waals surface area contributed by atoms with E-state index in [1.165, 1.54) is 4.98 Å². The first-order chi connectivity index (χ1) is 9.66. The highest BCUT2D eigenvalue weighted by Gasteiger charge is 2.44. The van der Waals surface area contributed by atoms with Crippen LogP contribution >= 0.6 is 0 Å². The summed E-state index contributed by atoms with van der Waals surface area (Å²) in [5.74, 6) is 0. The lowest BCUT2D eigenvalue weighted by atomic mass is 10.1. The number of rotatable bonds is 2. The zero-order valence-electron chi connectivity index (χ0n) is 10.2. The number of aromatic amines is 1. The third kappa shape index (κ3) is 2.72. The molecule has 2 heterocycles. The van der Waals surface area contributed by atoms with Crippen molar-refractivity contribution < 1.29 is 33.2 Å². The third-order valence-corrected chi connectivity index (χ3v) is 3.06. The Kier molecular flexibility index (Phi) is 3.93. The van der Waals surface area contributed by atoms with Crippen LogP contribution in [-0.4, -0.2) is 49.8 Å². The molecular weight excluding hydrogens is 301 g/mol. The fraction of sp³-hybridized carbons (Fsp3) is 0.600. The van der Waals surface area contributed by atoms with Crippen LogP contribution in [0.15, 0.2) is 15.8 Å². The van der Waals surface area contributed by atoms with Gasteiger partial charge in [-0.05, 0) is 0 Å². The van der Waals surface area contributed by atoms with Crippen molar-refractivity contribution in [1.29, 1.82) is 0 Å². The largest absolute Gasteiger partial charge is 0.423 e. The highest BCUT2D eigenvalue weighted by molar-refractivity contribution is 5.10. The van der Waals surface area contributed by atoms with Gasteiger partial charge in [0, 0.05) is 6.20 Å². The highest BCUT2D eigenvalue weighted by Crippen LogP contribution is 2.30. The Labute approximate surface area is 114 Å². The van der Waals surface area contributed by atoms with Gasteiger partial charge in [-0.15, -0.1) is 0 Å². The number of hydrogen-bond donors (Lipinski definition) is 4. The molecule has 1 saturated heterocycles. The molecule has 2 rings (SSSR count). The maximum absolute atomic E-state index is 12.6. The molecule has 0 aromatic carbocycles. The van der Waals surface area contributed by atoms with Crippen LogP contribution in [0.2, 0.25) is 0 Å². The van der Waals surface area contributed by atoms with E-state index in [1.807, 2.05) is 0 Å². The molecule has 1 aromatic rings. The second kappa shape index (κ2) is 5.26. The molecule has 4 N–H and O–H groups in total. The second-order valence-corrected chi connectivity index (χ2v) is 4.44. The zero-order valence-corrected chi connectivity index (χ0v) is 10.2. The van der Waals surface area contributed by atoms with Gasteiger partial charge in [0.1, 0.15) is 23.9 Å². The van der Waals surface area contributed by atoms with Gasteiger partial charge in [0.2, 0.25) is 0 Å². The van der Waals surface area contributed by atoms with Crippen LogP contribution in [0.25, 0.3) is 0 Å². The molecule has 0 amide bonds. The first-order valence-corrected chi connectivity index (χ1v) is 5.72. The van der Waals surface area contributed by atoms with Gasteiger partial charge in [-0.3, -0.25) is 14.3 Å². The highest BCUT2D eigenvalue weighted by atomic mass is 19.4. The first-order valence-electron chi connectivity index (χ1n) is 5.72. The van der Waals surface area contributed by atoms with Crippen molar-refractivity contribution in [2.75, 3.05) is 6.61 Å². The summed E-state index contributed by atoms with van der Waals surface area (Å²) < 4.78 is 43.2. The standard InChI is InChI=1S/C10H11F3N2O6/c11-10(12,13)3-1-15(9(20)14-7(3)19)8-6(18)5(17)4(2-16)21-8/h1,4-6,8,16-18H,2H2,(H,14,19,20)/t4-,5-,6+,8-/m1/s1. The maximum Gasteiger partial charge on any atom is 0.423 e. The Morgan fingerprint density at radius 3 is 2.38 bits per heavy atom. The molecular formula is C10H11F3N2O6. The Bertz CT molecular complexity index is 639. The topological polar surface area (TPSA) is 125 Å². The van der Waals surface area contributed by atoms with E-state index >= 15 is 0 Å². The Morgan fingerprint density at radius 2 is 1.90 bits per heavy atom. The number of aliphatic hydroxyl groups is 3. The molecule has 4 atom stereocenters. The predicted octanol–water partition coefficient (Wildman–Crippen LogP) is -1.83. The summed E-state index contributed by atoms with van der Waals surface area (Å²) in [6, 6.07) is 0. The summed E-state index contributed by atoms with van der Waals surface area (Å²) in [5, 5.41) is 28.1. The van der Waals surface area contributed by atoms with E-state index in [2.05, 4.69) is 0 Å². The van der Waals surface area contributed by atoms with Gasteiger partial charge in [-0.25, -0.2) is 4.79 Å². The Morgan fingerprint density at radius 1 is 1.29 bits per heavy atom. The number of hydrogen-bond acceptors (Lipinski definition) is 6. The number of nitrogens with zero attached hydrogens (tertiary/aromatic N) is 1. The van der Waals surface area contributed by atoms with E-state index in [4.69, 9.17) is 9.84 Å². The van der Waals surface area contributed by atoms with Crippen molar-refractivity contribution in [3.8, 4) is 0 Å². The second-order valence-electron chi connectivity index (χ2n) is 4.44. The van der Waals surface area contributed by atoms with Crippen LogP contribution in [0.4, 0.5) is 13.2 Å². The summed E-state index contributed by atoms with van der Waals surface area (Å²) in [6.45, 7) is -0.709. The average Bonchev–Trinajstić information content (AvgIpc) is 2.65. The minimum Gasteiger partial charge on any atom is -0.394 e. The number of ether oxygens (including phenoxy) is 1. The van der Waals surface area contributed by atoms with Gasteiger partial charge in [0.25, 0.3) is 5.56 Å². The smallest absolute Gasteiger partial charge is 0.394 e. The van der Waals surface area contributed by atoms with E-state index in [0.717, 1.165) is 0 Å². The number of halogens is 3. The number of nitrogens with one attached hydrogen (secondary N) is 1. The summed E-state index contributed by atoms with van der Waals surface area (Å²) in [6.07, 6.45) is -11.1. The molecule has 0 radical (unpaired) electrons. The van der Waals surface area contributed by atoms with Crippen molar-refractivity contribution in [2.45, 2.75) is 30.7 Å². The van der Waals surface area contributed by atoms with Crippen molar-refractivity contribution >= 4 is 0 Å². The van der Waals surface area contributed by atoms with Crippen LogP contribution in [0.1, 0.15) is 11.8 Å². The molecule has 1 fully saturated rings. The number of H-pyrrole nitrogens is 1. The minimum atomic E-state index is -5.01. The molecule has 0 unspecified atom stereocenters. The SMILES string of the molecule is O=c1[nH]c(=O)n([C@@H]2O[C@H](CO)[C@@H](O)[C@@H]2O)cc1C(F)(F)F. The Hall–Kier alpha value is -1.69. The molecule has 1 aromatic heterocycles. The summed E-state index contributed by atoms with van der Waals surface area (Å²) in [5.41, 5.74) is -4.53. The molecule has 0 aliphatic carbocycles. The van der Waals surface area contributed by atoms with Gasteiger partial charge in [0.15, 0.2) is 6.23 Å². The molecule has 0 spiro atoms. The Balaban J connectivity index is 2.50. The zero-order chi connectivity index (χ0) is 15.9. The fourth-order valence-electron chi connectivity index (χ4n) is 1.99. The van der Waals surface area contributed by atoms with Gasteiger partial charge >= 0.3 is 11.9 Å². The van der Waals surface area contributed by atoms with Crippen LogP contribution in [-0.2, 0) is 10.9 Å². The van der Waals surface area contributed by atoms with Gasteiger partial charge < -0.3 is 20.1 Å². The van der Waals surface area contributed by atoms with Crippen LogP contribution < -0.4 is 11.2 Å². The third-order valence-electron chi connectivity index (χ3n) is 3.06. The normalized spacial score (nSPS) is 29.8. The van der Waals surface area contributed by atoms with Gasteiger partial charge in [-0.1, -0.05) is 0 Å². The lowest BCUT2D eigenvalue weighted by Gasteiger charge is -2.18. The summed E-state index contributed by atoms with van der Waals surface area (Å²) >= 11 is 0. The van der Waals surface area contributed by atoms with Crippen molar-refractivity contribution in [1.82, 2.24) is 9.55 Å². The number of alkyl halides is 3. The van der Waals surface area contributed by atoms with Crippen molar-refractivity contribution in [2.24, 2.45) is 0 Å². The van der Waals surface area contributed by atoms with Crippen molar-refractivity contribution in [3.05, 3.63) is 32.6 Å². The molecule has 11 heteroatoms. The van der Waals surface area contributed by atoms with E-state index in [-0.39, 0.29) is 6.20 Å². The van der Waals surface area contributed by atoms with Crippen molar-refractivity contribution in [3.63, 3.8) is 0 Å². The molecule has 1 aliphatic rings. The van der Waals surface area contributed by atoms with Gasteiger partial charge in [-0.2, -0.15) is 13.2 Å². The van der Waals surface area contributed by atoms with E-state index in [1.54, 1.807) is 0 Å². The summed E-state index contributed by atoms with van der Waals surface area (Å²) in [7, 11) is 0. The average molecular weight is 312 g/mol. The minimum absolute atomic E-state index is 0.196. The first kappa shape index (κ1) is 15.7. The van der Waals surface area contributed by atoms with E-state index in [9.17, 15) is 33.0 Å². The lowest BCUT2D eigenvalue weighted by Crippen LogP contribution is -2.40. The lowest BCUT2D eigenvalue weighted by molar-refractivity contribution is -0.140. The monoisotopic (exact) mass is 312 g/mol. The number of aliphatic hydroxyl groups excluding tert-OH is 3. The van der Waals surface area contributed by atoms with Gasteiger partial charge in [0.05, 0.1) is 6.61 Å². The van der Waals surface area contributed by atoms with Crippen LogP contribution in [0, 0.1) is 0 Å². The number of aromatic nitrogens is 2. The van der Waals surface area contributed by atoms with E-state index in [0.29, 0.717) is 4.57 Å². The maximum atomic E-state index is 12.6. The summed E-state index contributed by atoms with van der Waals surface area (Å²) in [4.78, 5) is 24.2. The molecule has 21 heavy (non-hydrogen) atoms. The fourth-order valence-corrected chi connectivity index (χ4v) is 1.99. The molecule has 0 bridgehead atoms. The molecule has 118 valence electrons. The van der Waals surface area contributed by atoms with E-state index < -0.39 is 54.1 Å². The molecule has 8 nitrogen and oxygen atoms in total. The van der Waals surface area contributed by atoms with Crippen LogP contribution in [0.5, 0.6) is 0 Å². The van der Waals surface area contributed by atoms with Crippen LogP contribution in [0.3, 0.4) is 0 Å². The molecule has 0 saturated carbocycles.